The van der Waals surface area contributed by atoms with Gasteiger partial charge in [-0.1, -0.05) is 23.7 Å². The van der Waals surface area contributed by atoms with Crippen LogP contribution in [0.2, 0.25) is 5.02 Å². The normalized spacial score (nSPS) is 10.7. The van der Waals surface area contributed by atoms with Gasteiger partial charge in [0.2, 0.25) is 0 Å². The molecule has 0 aliphatic carbocycles. The van der Waals surface area contributed by atoms with Gasteiger partial charge in [0, 0.05) is 6.21 Å². The highest BCUT2D eigenvalue weighted by Crippen LogP contribution is 2.25. The van der Waals surface area contributed by atoms with Gasteiger partial charge < -0.3 is 14.8 Å². The molecule has 0 fully saturated rings. The lowest BCUT2D eigenvalue weighted by molar-refractivity contribution is -0.118. The zero-order chi connectivity index (χ0) is 20.6. The van der Waals surface area contributed by atoms with E-state index >= 15 is 0 Å². The highest BCUT2D eigenvalue weighted by atomic mass is 35.5. The number of carbonyl (C=O) groups excluding carboxylic acids is 1. The monoisotopic (exact) mass is 412 g/mol. The Kier molecular flexibility index (Phi) is 6.81. The molecule has 0 aliphatic rings. The number of methoxy groups -OCH3 is 1. The maximum absolute atomic E-state index is 13.6. The van der Waals surface area contributed by atoms with Crippen molar-refractivity contribution in [3.63, 3.8) is 0 Å². The molecule has 0 aromatic heterocycles. The topological polar surface area (TPSA) is 59.9 Å². The summed E-state index contributed by atoms with van der Waals surface area (Å²) in [6.07, 6.45) is 1.67. The van der Waals surface area contributed by atoms with Gasteiger partial charge in [-0.05, 0) is 60.2 Å². The predicted octanol–water partition coefficient (Wildman–Crippen LogP) is 5.26. The first-order chi connectivity index (χ1) is 14.0. The van der Waals surface area contributed by atoms with Crippen molar-refractivity contribution in [2.75, 3.05) is 19.0 Å². The van der Waals surface area contributed by atoms with Crippen LogP contribution < -0.4 is 14.8 Å². The van der Waals surface area contributed by atoms with Crippen molar-refractivity contribution in [2.24, 2.45) is 4.99 Å². The molecule has 1 amide bonds. The summed E-state index contributed by atoms with van der Waals surface area (Å²) < 4.78 is 24.1. The Morgan fingerprint density at radius 1 is 1.14 bits per heavy atom. The zero-order valence-corrected chi connectivity index (χ0v) is 16.3. The lowest BCUT2D eigenvalue weighted by atomic mass is 10.2. The maximum atomic E-state index is 13.6. The van der Waals surface area contributed by atoms with E-state index in [4.69, 9.17) is 21.1 Å². The van der Waals surface area contributed by atoms with Crippen molar-refractivity contribution in [2.45, 2.75) is 0 Å². The average molecular weight is 413 g/mol. The van der Waals surface area contributed by atoms with Crippen LogP contribution in [0.1, 0.15) is 5.56 Å². The number of amides is 1. The molecular weight excluding hydrogens is 395 g/mol. The highest BCUT2D eigenvalue weighted by molar-refractivity contribution is 6.32. The van der Waals surface area contributed by atoms with E-state index in [-0.39, 0.29) is 12.3 Å². The summed E-state index contributed by atoms with van der Waals surface area (Å²) in [5.41, 5.74) is 1.64. The quantitative estimate of drug-likeness (QED) is 0.539. The molecule has 0 radical (unpaired) electrons. The lowest BCUT2D eigenvalue weighted by Crippen LogP contribution is -2.20. The second-order valence-electron chi connectivity index (χ2n) is 5.96. The second-order valence-corrected chi connectivity index (χ2v) is 6.37. The number of benzene rings is 3. The van der Waals surface area contributed by atoms with Crippen molar-refractivity contribution in [1.82, 2.24) is 0 Å². The molecule has 0 atom stereocenters. The van der Waals surface area contributed by atoms with E-state index in [9.17, 15) is 9.18 Å². The highest BCUT2D eigenvalue weighted by Gasteiger charge is 2.09. The second kappa shape index (κ2) is 9.71. The predicted molar refractivity (Wildman–Crippen MR) is 112 cm³/mol. The Bertz CT molecular complexity index is 1020. The summed E-state index contributed by atoms with van der Waals surface area (Å²) in [7, 11) is 1.60. The lowest BCUT2D eigenvalue weighted by Gasteiger charge is -2.09. The number of anilines is 1. The van der Waals surface area contributed by atoms with Gasteiger partial charge in [0.25, 0.3) is 5.91 Å². The molecule has 0 aliphatic heterocycles. The first-order valence-electron chi connectivity index (χ1n) is 8.70. The number of carbonyl (C=O) groups is 1. The Hall–Kier alpha value is -3.38. The van der Waals surface area contributed by atoms with E-state index < -0.39 is 11.7 Å². The van der Waals surface area contributed by atoms with Gasteiger partial charge in [0.05, 0.1) is 23.5 Å². The summed E-state index contributed by atoms with van der Waals surface area (Å²) in [5.74, 6) is 0.0974. The van der Waals surface area contributed by atoms with E-state index in [1.165, 1.54) is 12.1 Å². The van der Waals surface area contributed by atoms with Gasteiger partial charge in [-0.3, -0.25) is 9.79 Å². The minimum atomic E-state index is -0.514. The number of hydrogen-bond acceptors (Lipinski definition) is 4. The van der Waals surface area contributed by atoms with E-state index in [0.29, 0.717) is 10.8 Å². The van der Waals surface area contributed by atoms with Gasteiger partial charge in [0.15, 0.2) is 6.61 Å². The molecule has 7 heteroatoms. The van der Waals surface area contributed by atoms with Crippen molar-refractivity contribution in [3.05, 3.63) is 83.1 Å². The van der Waals surface area contributed by atoms with E-state index in [2.05, 4.69) is 10.3 Å². The van der Waals surface area contributed by atoms with E-state index in [1.807, 2.05) is 24.3 Å². The molecule has 29 heavy (non-hydrogen) atoms. The fraction of sp³-hybridized carbons (Fsp3) is 0.0909. The van der Waals surface area contributed by atoms with Crippen LogP contribution in [-0.4, -0.2) is 25.8 Å². The number of ether oxygens (including phenoxy) is 2. The SMILES string of the molecule is COc1ccc(N=Cc2ccc(OCC(=O)Nc3ccccc3F)c(Cl)c2)cc1. The summed E-state index contributed by atoms with van der Waals surface area (Å²) >= 11 is 6.22. The molecule has 148 valence electrons. The third-order valence-electron chi connectivity index (χ3n) is 3.90. The third kappa shape index (κ3) is 5.80. The van der Waals surface area contributed by atoms with Crippen LogP contribution in [0.3, 0.4) is 0 Å². The number of para-hydroxylation sites is 1. The summed E-state index contributed by atoms with van der Waals surface area (Å²) in [4.78, 5) is 16.3. The molecule has 0 saturated heterocycles. The van der Waals surface area contributed by atoms with Gasteiger partial charge in [0.1, 0.15) is 17.3 Å². The van der Waals surface area contributed by atoms with Gasteiger partial charge in [-0.15, -0.1) is 0 Å². The molecule has 1 N–H and O–H groups in total. The summed E-state index contributed by atoms with van der Waals surface area (Å²) in [6.45, 7) is -0.298. The van der Waals surface area contributed by atoms with Gasteiger partial charge in [-0.2, -0.15) is 0 Å². The Morgan fingerprint density at radius 2 is 1.90 bits per heavy atom. The number of aliphatic imine (C=N–C) groups is 1. The third-order valence-corrected chi connectivity index (χ3v) is 4.19. The zero-order valence-electron chi connectivity index (χ0n) is 15.6. The summed E-state index contributed by atoms with van der Waals surface area (Å²) in [5, 5.41) is 2.78. The molecule has 0 bridgehead atoms. The molecular formula is C22H18ClFN2O3. The van der Waals surface area contributed by atoms with Crippen LogP contribution in [0.4, 0.5) is 15.8 Å². The van der Waals surface area contributed by atoms with Crippen LogP contribution in [0.15, 0.2) is 71.7 Å². The number of nitrogens with one attached hydrogen (secondary N) is 1. The standard InChI is InChI=1S/C22H18ClFN2O3/c1-28-17-9-7-16(8-10-17)25-13-15-6-11-21(18(23)12-15)29-14-22(27)26-20-5-3-2-4-19(20)24/h2-13H,14H2,1H3,(H,26,27). The molecule has 3 aromatic carbocycles. The van der Waals surface area contributed by atoms with Crippen LogP contribution in [0, 0.1) is 5.82 Å². The van der Waals surface area contributed by atoms with Crippen LogP contribution >= 0.6 is 11.6 Å². The van der Waals surface area contributed by atoms with Crippen molar-refractivity contribution in [3.8, 4) is 11.5 Å². The largest absolute Gasteiger partial charge is 0.497 e. The van der Waals surface area contributed by atoms with Crippen molar-refractivity contribution < 1.29 is 18.7 Å². The molecule has 0 heterocycles. The molecule has 0 saturated carbocycles. The number of halogens is 2. The molecule has 3 aromatic rings. The molecule has 0 unspecified atom stereocenters. The number of nitrogens with zero attached hydrogens (tertiary/aromatic N) is 1. The van der Waals surface area contributed by atoms with Gasteiger partial charge in [-0.25, -0.2) is 4.39 Å². The maximum Gasteiger partial charge on any atom is 0.262 e. The molecule has 5 nitrogen and oxygen atoms in total. The minimum Gasteiger partial charge on any atom is -0.497 e. The first kappa shape index (κ1) is 20.4. The Morgan fingerprint density at radius 3 is 2.59 bits per heavy atom. The fourth-order valence-corrected chi connectivity index (χ4v) is 2.67. The van der Waals surface area contributed by atoms with Crippen LogP contribution in [0.5, 0.6) is 11.5 Å². The Balaban J connectivity index is 1.58. The Labute approximate surface area is 172 Å². The van der Waals surface area contributed by atoms with E-state index in [0.717, 1.165) is 17.0 Å². The minimum absolute atomic E-state index is 0.0947. The van der Waals surface area contributed by atoms with Crippen LogP contribution in [-0.2, 0) is 4.79 Å². The average Bonchev–Trinajstić information content (AvgIpc) is 2.73. The van der Waals surface area contributed by atoms with Crippen molar-refractivity contribution >= 4 is 35.1 Å². The first-order valence-corrected chi connectivity index (χ1v) is 9.08. The van der Waals surface area contributed by atoms with E-state index in [1.54, 1.807) is 43.7 Å². The number of rotatable bonds is 7. The smallest absolute Gasteiger partial charge is 0.262 e. The molecule has 0 spiro atoms. The number of hydrogen-bond donors (Lipinski definition) is 1. The van der Waals surface area contributed by atoms with Crippen molar-refractivity contribution in [1.29, 1.82) is 0 Å². The van der Waals surface area contributed by atoms with Crippen LogP contribution in [0.25, 0.3) is 0 Å². The fourth-order valence-electron chi connectivity index (χ4n) is 2.42. The summed E-state index contributed by atoms with van der Waals surface area (Å²) in [6, 6.07) is 18.3. The molecule has 3 rings (SSSR count). The van der Waals surface area contributed by atoms with Gasteiger partial charge >= 0.3 is 0 Å².